The molecule has 0 rings (SSSR count). The topological polar surface area (TPSA) is 26.3 Å². The van der Waals surface area contributed by atoms with Gasteiger partial charge >= 0.3 is 0 Å². The molecule has 0 saturated heterocycles. The van der Waals surface area contributed by atoms with Crippen molar-refractivity contribution in [2.45, 2.75) is 71.5 Å². The summed E-state index contributed by atoms with van der Waals surface area (Å²) in [6.07, 6.45) is 1.87. The lowest BCUT2D eigenvalue weighted by Crippen LogP contribution is -2.48. The molecule has 102 valence electrons. The van der Waals surface area contributed by atoms with Crippen LogP contribution in [0.3, 0.4) is 0 Å². The van der Waals surface area contributed by atoms with Crippen molar-refractivity contribution in [1.29, 1.82) is 0 Å². The van der Waals surface area contributed by atoms with Crippen LogP contribution in [0.2, 0.25) is 16.6 Å². The average molecular weight is 258 g/mol. The van der Waals surface area contributed by atoms with Crippen molar-refractivity contribution in [3.8, 4) is 0 Å². The lowest BCUT2D eigenvalue weighted by atomic mass is 10.1. The zero-order valence-corrected chi connectivity index (χ0v) is 13.6. The van der Waals surface area contributed by atoms with E-state index in [4.69, 9.17) is 4.43 Å². The summed E-state index contributed by atoms with van der Waals surface area (Å²) >= 11 is 0. The molecule has 0 aromatic heterocycles. The maximum Gasteiger partial charge on any atom is 0.200 e. The summed E-state index contributed by atoms with van der Waals surface area (Å²) in [6, 6.07) is 0. The Hall–Kier alpha value is -0.153. The fourth-order valence-corrected chi connectivity index (χ4v) is 8.46. The number of carbonyl (C=O) groups is 1. The van der Waals surface area contributed by atoms with Crippen molar-refractivity contribution < 1.29 is 9.22 Å². The molecule has 0 aliphatic carbocycles. The molecule has 0 saturated carbocycles. The Labute approximate surface area is 108 Å². The monoisotopic (exact) mass is 258 g/mol. The van der Waals surface area contributed by atoms with Crippen LogP contribution >= 0.6 is 0 Å². The van der Waals surface area contributed by atoms with Crippen LogP contribution in [-0.4, -0.2) is 21.2 Å². The van der Waals surface area contributed by atoms with E-state index in [1.54, 1.807) is 0 Å². The van der Waals surface area contributed by atoms with Gasteiger partial charge in [0.1, 0.15) is 6.29 Å². The van der Waals surface area contributed by atoms with E-state index in [2.05, 4.69) is 41.5 Å². The van der Waals surface area contributed by atoms with Gasteiger partial charge in [0.2, 0.25) is 0 Å². The lowest BCUT2D eigenvalue weighted by Gasteiger charge is -2.42. The zero-order chi connectivity index (χ0) is 13.6. The predicted molar refractivity (Wildman–Crippen MR) is 76.8 cm³/mol. The van der Waals surface area contributed by atoms with Crippen molar-refractivity contribution in [2.24, 2.45) is 5.92 Å². The predicted octanol–water partition coefficient (Wildman–Crippen LogP) is 4.40. The highest BCUT2D eigenvalue weighted by atomic mass is 28.4. The number of aldehydes is 1. The van der Waals surface area contributed by atoms with Crippen LogP contribution in [0.5, 0.6) is 0 Å². The molecular formula is C14H30O2Si. The van der Waals surface area contributed by atoms with Crippen LogP contribution in [0.25, 0.3) is 0 Å². The fraction of sp³-hybridized carbons (Fsp3) is 0.929. The summed E-state index contributed by atoms with van der Waals surface area (Å²) in [5.74, 6) is 0.119. The standard InChI is InChI=1S/C14H30O2Si/c1-11(2)17(12(3)4,13(5)6)16-9-8-14(7)10-15/h10-14H,8-9H2,1-7H3/t14-/m1/s1. The van der Waals surface area contributed by atoms with Crippen LogP contribution in [0, 0.1) is 5.92 Å². The Bertz CT molecular complexity index is 202. The summed E-state index contributed by atoms with van der Waals surface area (Å²) < 4.78 is 6.37. The summed E-state index contributed by atoms with van der Waals surface area (Å²) in [5.41, 5.74) is 1.86. The zero-order valence-electron chi connectivity index (χ0n) is 12.6. The number of hydrogen-bond acceptors (Lipinski definition) is 2. The van der Waals surface area contributed by atoms with E-state index < -0.39 is 8.32 Å². The van der Waals surface area contributed by atoms with E-state index in [0.29, 0.717) is 16.6 Å². The van der Waals surface area contributed by atoms with E-state index in [1.165, 1.54) is 0 Å². The number of hydrogen-bond donors (Lipinski definition) is 0. The van der Waals surface area contributed by atoms with Gasteiger partial charge < -0.3 is 9.22 Å². The maximum atomic E-state index is 10.6. The first-order valence-corrected chi connectivity index (χ1v) is 9.02. The highest BCUT2D eigenvalue weighted by Gasteiger charge is 2.44. The molecule has 0 fully saturated rings. The first kappa shape index (κ1) is 16.8. The smallest absolute Gasteiger partial charge is 0.200 e. The van der Waals surface area contributed by atoms with Gasteiger partial charge in [-0.05, 0) is 23.0 Å². The van der Waals surface area contributed by atoms with Gasteiger partial charge in [-0.2, -0.15) is 0 Å². The first-order valence-electron chi connectivity index (χ1n) is 6.88. The number of rotatable bonds is 8. The van der Waals surface area contributed by atoms with Crippen molar-refractivity contribution in [3.05, 3.63) is 0 Å². The summed E-state index contributed by atoms with van der Waals surface area (Å²) in [7, 11) is -1.72. The highest BCUT2D eigenvalue weighted by Crippen LogP contribution is 2.42. The molecule has 0 bridgehead atoms. The third-order valence-corrected chi connectivity index (χ3v) is 9.98. The van der Waals surface area contributed by atoms with E-state index in [0.717, 1.165) is 19.3 Å². The lowest BCUT2D eigenvalue weighted by molar-refractivity contribution is -0.111. The van der Waals surface area contributed by atoms with Gasteiger partial charge in [0.05, 0.1) is 0 Å². The first-order chi connectivity index (χ1) is 7.78. The minimum atomic E-state index is -1.72. The molecule has 0 N–H and O–H groups in total. The molecule has 0 aromatic rings. The van der Waals surface area contributed by atoms with Gasteiger partial charge in [-0.25, -0.2) is 0 Å². The minimum Gasteiger partial charge on any atom is -0.416 e. The molecule has 0 radical (unpaired) electrons. The third-order valence-electron chi connectivity index (χ3n) is 3.86. The van der Waals surface area contributed by atoms with E-state index >= 15 is 0 Å². The summed E-state index contributed by atoms with van der Waals surface area (Å²) in [4.78, 5) is 10.6. The molecule has 1 atom stereocenters. The van der Waals surface area contributed by atoms with Gasteiger partial charge in [-0.3, -0.25) is 0 Å². The van der Waals surface area contributed by atoms with Gasteiger partial charge in [0.15, 0.2) is 8.32 Å². The molecule has 0 heterocycles. The third kappa shape index (κ3) is 4.22. The highest BCUT2D eigenvalue weighted by molar-refractivity contribution is 6.77. The second-order valence-electron chi connectivity index (χ2n) is 6.07. The van der Waals surface area contributed by atoms with E-state index in [1.807, 2.05) is 6.92 Å². The molecule has 0 aromatic carbocycles. The van der Waals surface area contributed by atoms with E-state index in [-0.39, 0.29) is 5.92 Å². The normalized spacial score (nSPS) is 14.7. The van der Waals surface area contributed by atoms with Crippen molar-refractivity contribution >= 4 is 14.6 Å². The molecule has 0 unspecified atom stereocenters. The molecule has 17 heavy (non-hydrogen) atoms. The maximum absolute atomic E-state index is 10.6. The van der Waals surface area contributed by atoms with Crippen molar-refractivity contribution in [3.63, 3.8) is 0 Å². The molecule has 3 heteroatoms. The van der Waals surface area contributed by atoms with Gasteiger partial charge in [-0.15, -0.1) is 0 Å². The van der Waals surface area contributed by atoms with Crippen LogP contribution < -0.4 is 0 Å². The molecule has 2 nitrogen and oxygen atoms in total. The second kappa shape index (κ2) is 7.32. The Kier molecular flexibility index (Phi) is 7.25. The Balaban J connectivity index is 4.64. The summed E-state index contributed by atoms with van der Waals surface area (Å²) in [6.45, 7) is 16.4. The average Bonchev–Trinajstić information content (AvgIpc) is 2.22. The van der Waals surface area contributed by atoms with Crippen LogP contribution in [0.4, 0.5) is 0 Å². The van der Waals surface area contributed by atoms with Gasteiger partial charge in [0, 0.05) is 12.5 Å². The second-order valence-corrected chi connectivity index (χ2v) is 11.5. The quantitative estimate of drug-likeness (QED) is 0.476. The Morgan fingerprint density at radius 2 is 1.35 bits per heavy atom. The molecule has 0 amide bonds. The largest absolute Gasteiger partial charge is 0.416 e. The van der Waals surface area contributed by atoms with Crippen LogP contribution in [-0.2, 0) is 9.22 Å². The van der Waals surface area contributed by atoms with Gasteiger partial charge in [0.25, 0.3) is 0 Å². The fourth-order valence-electron chi connectivity index (χ4n) is 2.99. The minimum absolute atomic E-state index is 0.119. The van der Waals surface area contributed by atoms with Crippen LogP contribution in [0.1, 0.15) is 54.9 Å². The van der Waals surface area contributed by atoms with Gasteiger partial charge in [-0.1, -0.05) is 48.5 Å². The Morgan fingerprint density at radius 3 is 1.65 bits per heavy atom. The van der Waals surface area contributed by atoms with E-state index in [9.17, 15) is 4.79 Å². The van der Waals surface area contributed by atoms with Crippen molar-refractivity contribution in [1.82, 2.24) is 0 Å². The number of carbonyl (C=O) groups excluding carboxylic acids is 1. The van der Waals surface area contributed by atoms with Crippen LogP contribution in [0.15, 0.2) is 0 Å². The molecular weight excluding hydrogens is 228 g/mol. The molecule has 0 aliphatic heterocycles. The molecule has 0 spiro atoms. The molecule has 0 aliphatic rings. The van der Waals surface area contributed by atoms with Crippen molar-refractivity contribution in [2.75, 3.05) is 6.61 Å². The SMILES string of the molecule is CC(C)[Si](OCC[C@@H](C)C=O)(C(C)C)C(C)C. The Morgan fingerprint density at radius 1 is 0.941 bits per heavy atom. The summed E-state index contributed by atoms with van der Waals surface area (Å²) in [5, 5.41) is 0.